The molecule has 0 rings (SSSR count). The normalized spacial score (nSPS) is 12.5. The molecule has 0 aromatic heterocycles. The van der Waals surface area contributed by atoms with Gasteiger partial charge in [-0.15, -0.1) is 0 Å². The van der Waals surface area contributed by atoms with Gasteiger partial charge in [0.05, 0.1) is 0 Å². The third-order valence-electron chi connectivity index (χ3n) is 4.32. The number of carbonyl (C=O) groups is 1. The van der Waals surface area contributed by atoms with Crippen LogP contribution in [-0.4, -0.2) is 6.29 Å². The highest BCUT2D eigenvalue weighted by atomic mass is 16.1. The van der Waals surface area contributed by atoms with Crippen molar-refractivity contribution in [1.82, 2.24) is 0 Å². The van der Waals surface area contributed by atoms with Crippen LogP contribution in [0.4, 0.5) is 0 Å². The molecule has 0 fully saturated rings. The molecule has 120 valence electrons. The quantitative estimate of drug-likeness (QED) is 0.227. The number of rotatable bonds is 16. The minimum atomic E-state index is 0.759. The van der Waals surface area contributed by atoms with Crippen molar-refractivity contribution < 1.29 is 4.79 Å². The monoisotopic (exact) mass is 282 g/mol. The summed E-state index contributed by atoms with van der Waals surface area (Å²) in [5.41, 5.74) is 0. The second-order valence-corrected chi connectivity index (χ2v) is 6.53. The van der Waals surface area contributed by atoms with Crippen LogP contribution in [0.2, 0.25) is 0 Å². The highest BCUT2D eigenvalue weighted by Gasteiger charge is 2.02. The maximum Gasteiger partial charge on any atom is 0.119 e. The number of aldehydes is 1. The van der Waals surface area contributed by atoms with E-state index >= 15 is 0 Å². The molecule has 20 heavy (non-hydrogen) atoms. The topological polar surface area (TPSA) is 17.1 Å². The van der Waals surface area contributed by atoms with Gasteiger partial charge in [0.25, 0.3) is 0 Å². The third kappa shape index (κ3) is 15.7. The summed E-state index contributed by atoms with van der Waals surface area (Å²) in [7, 11) is 0. The predicted molar refractivity (Wildman–Crippen MR) is 90.2 cm³/mol. The average Bonchev–Trinajstić information content (AvgIpc) is 2.45. The first-order valence-electron chi connectivity index (χ1n) is 9.24. The van der Waals surface area contributed by atoms with Gasteiger partial charge >= 0.3 is 0 Å². The van der Waals surface area contributed by atoms with Gasteiger partial charge < -0.3 is 4.79 Å². The smallest absolute Gasteiger partial charge is 0.119 e. The summed E-state index contributed by atoms with van der Waals surface area (Å²) in [5.74, 6) is 0.927. The van der Waals surface area contributed by atoms with Gasteiger partial charge in [-0.2, -0.15) is 0 Å². The number of carbonyl (C=O) groups excluding carboxylic acids is 1. The lowest BCUT2D eigenvalue weighted by Gasteiger charge is -2.11. The summed E-state index contributed by atoms with van der Waals surface area (Å²) in [4.78, 5) is 10.2. The van der Waals surface area contributed by atoms with Gasteiger partial charge in [0.15, 0.2) is 0 Å². The molecule has 0 amide bonds. The van der Waals surface area contributed by atoms with Crippen LogP contribution in [0, 0.1) is 5.92 Å². The van der Waals surface area contributed by atoms with Crippen LogP contribution in [-0.2, 0) is 4.79 Å². The van der Waals surface area contributed by atoms with Crippen LogP contribution in [0.1, 0.15) is 110 Å². The Morgan fingerprint density at radius 3 is 1.65 bits per heavy atom. The van der Waals surface area contributed by atoms with E-state index in [9.17, 15) is 4.79 Å². The maximum absolute atomic E-state index is 10.2. The van der Waals surface area contributed by atoms with Crippen molar-refractivity contribution in [2.45, 2.75) is 110 Å². The molecule has 1 unspecified atom stereocenters. The molecule has 0 aliphatic carbocycles. The largest absolute Gasteiger partial charge is 0.303 e. The fourth-order valence-electron chi connectivity index (χ4n) is 2.85. The summed E-state index contributed by atoms with van der Waals surface area (Å²) in [6, 6.07) is 0. The van der Waals surface area contributed by atoms with Crippen molar-refractivity contribution in [3.63, 3.8) is 0 Å². The number of hydrogen-bond acceptors (Lipinski definition) is 1. The molecule has 1 atom stereocenters. The maximum atomic E-state index is 10.2. The molecule has 0 aromatic carbocycles. The fraction of sp³-hybridized carbons (Fsp3) is 0.947. The Morgan fingerprint density at radius 2 is 1.15 bits per heavy atom. The first kappa shape index (κ1) is 19.7. The minimum absolute atomic E-state index is 0.759. The summed E-state index contributed by atoms with van der Waals surface area (Å²) >= 11 is 0. The van der Waals surface area contributed by atoms with Crippen molar-refractivity contribution in [1.29, 1.82) is 0 Å². The molecular formula is C19H38O. The van der Waals surface area contributed by atoms with E-state index in [4.69, 9.17) is 0 Å². The van der Waals surface area contributed by atoms with Crippen LogP contribution in [0.5, 0.6) is 0 Å². The Kier molecular flexibility index (Phi) is 16.4. The van der Waals surface area contributed by atoms with E-state index in [1.807, 2.05) is 0 Å². The third-order valence-corrected chi connectivity index (χ3v) is 4.32. The standard InChI is InChI=1S/C19H38O/c1-3-4-5-6-10-13-16-19(2)17-14-11-8-7-9-12-15-18-20/h18-19H,3-17H2,1-2H3. The second kappa shape index (κ2) is 16.7. The van der Waals surface area contributed by atoms with E-state index in [-0.39, 0.29) is 0 Å². The van der Waals surface area contributed by atoms with E-state index in [0.29, 0.717) is 0 Å². The molecule has 0 saturated carbocycles. The predicted octanol–water partition coefficient (Wildman–Crippen LogP) is 6.69. The van der Waals surface area contributed by atoms with Gasteiger partial charge in [-0.05, 0) is 12.3 Å². The summed E-state index contributed by atoms with van der Waals surface area (Å²) in [5, 5.41) is 0. The van der Waals surface area contributed by atoms with Gasteiger partial charge in [0, 0.05) is 6.42 Å². The van der Waals surface area contributed by atoms with Crippen LogP contribution in [0.25, 0.3) is 0 Å². The van der Waals surface area contributed by atoms with E-state index < -0.39 is 0 Å². The lowest BCUT2D eigenvalue weighted by atomic mass is 9.96. The summed E-state index contributed by atoms with van der Waals surface area (Å²) in [6.45, 7) is 4.71. The van der Waals surface area contributed by atoms with E-state index in [2.05, 4.69) is 13.8 Å². The van der Waals surface area contributed by atoms with Crippen molar-refractivity contribution >= 4 is 6.29 Å². The first-order valence-corrected chi connectivity index (χ1v) is 9.24. The highest BCUT2D eigenvalue weighted by Crippen LogP contribution is 2.18. The molecule has 0 aromatic rings. The Hall–Kier alpha value is -0.330. The zero-order valence-corrected chi connectivity index (χ0v) is 14.2. The van der Waals surface area contributed by atoms with Gasteiger partial charge in [-0.3, -0.25) is 0 Å². The molecule has 0 heterocycles. The molecule has 0 spiro atoms. The van der Waals surface area contributed by atoms with Crippen molar-refractivity contribution in [2.24, 2.45) is 5.92 Å². The zero-order chi connectivity index (χ0) is 14.9. The van der Waals surface area contributed by atoms with Gasteiger partial charge in [0.2, 0.25) is 0 Å². The van der Waals surface area contributed by atoms with Gasteiger partial charge in [0.1, 0.15) is 6.29 Å². The zero-order valence-electron chi connectivity index (χ0n) is 14.2. The SMILES string of the molecule is CCCCCCCCC(C)CCCCCCCCC=O. The molecular weight excluding hydrogens is 244 g/mol. The lowest BCUT2D eigenvalue weighted by molar-refractivity contribution is -0.107. The van der Waals surface area contributed by atoms with E-state index in [0.717, 1.165) is 25.0 Å². The molecule has 1 nitrogen and oxygen atoms in total. The average molecular weight is 283 g/mol. The van der Waals surface area contributed by atoms with Crippen LogP contribution in [0.3, 0.4) is 0 Å². The molecule has 1 heteroatoms. The lowest BCUT2D eigenvalue weighted by Crippen LogP contribution is -1.95. The fourth-order valence-corrected chi connectivity index (χ4v) is 2.85. The molecule has 0 saturated heterocycles. The van der Waals surface area contributed by atoms with Gasteiger partial charge in [-0.1, -0.05) is 97.3 Å². The van der Waals surface area contributed by atoms with Crippen molar-refractivity contribution in [3.8, 4) is 0 Å². The van der Waals surface area contributed by atoms with Gasteiger partial charge in [-0.25, -0.2) is 0 Å². The summed E-state index contributed by atoms with van der Waals surface area (Å²) in [6.07, 6.45) is 21.0. The number of hydrogen-bond donors (Lipinski definition) is 0. The van der Waals surface area contributed by atoms with Crippen LogP contribution < -0.4 is 0 Å². The Morgan fingerprint density at radius 1 is 0.700 bits per heavy atom. The Bertz CT molecular complexity index is 188. The first-order chi connectivity index (χ1) is 9.81. The van der Waals surface area contributed by atoms with Crippen molar-refractivity contribution in [2.75, 3.05) is 0 Å². The Labute approximate surface area is 127 Å². The second-order valence-electron chi connectivity index (χ2n) is 6.53. The highest BCUT2D eigenvalue weighted by molar-refractivity contribution is 5.48. The molecule has 0 bridgehead atoms. The summed E-state index contributed by atoms with van der Waals surface area (Å²) < 4.78 is 0. The molecule has 0 radical (unpaired) electrons. The minimum Gasteiger partial charge on any atom is -0.303 e. The molecule has 0 aliphatic rings. The molecule has 0 aliphatic heterocycles. The van der Waals surface area contributed by atoms with E-state index in [1.165, 1.54) is 83.5 Å². The van der Waals surface area contributed by atoms with Crippen LogP contribution in [0.15, 0.2) is 0 Å². The van der Waals surface area contributed by atoms with Crippen molar-refractivity contribution in [3.05, 3.63) is 0 Å². The number of unbranched alkanes of at least 4 members (excludes halogenated alkanes) is 11. The van der Waals surface area contributed by atoms with E-state index in [1.54, 1.807) is 0 Å². The Balaban J connectivity index is 3.12. The van der Waals surface area contributed by atoms with Crippen LogP contribution >= 0.6 is 0 Å². The molecule has 0 N–H and O–H groups in total.